The van der Waals surface area contributed by atoms with Gasteiger partial charge in [0.1, 0.15) is 0 Å². The Balaban J connectivity index is 2.80. The molecule has 0 aromatic heterocycles. The molecule has 1 atom stereocenters. The molecule has 0 spiro atoms. The van der Waals surface area contributed by atoms with Gasteiger partial charge in [0.05, 0.1) is 23.9 Å². The fraction of sp³-hybridized carbons (Fsp3) is 0.471. The van der Waals surface area contributed by atoms with Gasteiger partial charge in [0.15, 0.2) is 11.5 Å². The van der Waals surface area contributed by atoms with Crippen molar-refractivity contribution in [1.82, 2.24) is 10.7 Å². The third-order valence-electron chi connectivity index (χ3n) is 3.20. The zero-order chi connectivity index (χ0) is 18.8. The zero-order valence-corrected chi connectivity index (χ0v) is 16.5. The lowest BCUT2D eigenvalue weighted by atomic mass is 10.2. The van der Waals surface area contributed by atoms with Crippen LogP contribution < -0.4 is 20.2 Å². The van der Waals surface area contributed by atoms with E-state index in [2.05, 4.69) is 31.8 Å². The average Bonchev–Trinajstić information content (AvgIpc) is 2.57. The minimum atomic E-state index is -0.813. The first-order chi connectivity index (χ1) is 11.9. The molecular weight excluding hydrogens is 390 g/mol. The number of ether oxygens (including phenoxy) is 2. The first kappa shape index (κ1) is 21.0. The molecule has 0 saturated heterocycles. The van der Waals surface area contributed by atoms with Gasteiger partial charge in [-0.1, -0.05) is 6.92 Å². The van der Waals surface area contributed by atoms with Crippen LogP contribution in [0.1, 0.15) is 39.7 Å². The molecule has 0 aliphatic carbocycles. The van der Waals surface area contributed by atoms with Crippen LogP contribution in [0.15, 0.2) is 21.7 Å². The third-order valence-corrected chi connectivity index (χ3v) is 3.79. The quantitative estimate of drug-likeness (QED) is 0.389. The summed E-state index contributed by atoms with van der Waals surface area (Å²) in [5, 5.41) is 6.38. The van der Waals surface area contributed by atoms with Crippen LogP contribution in [0.2, 0.25) is 0 Å². The van der Waals surface area contributed by atoms with Crippen LogP contribution in [0.4, 0.5) is 0 Å². The van der Waals surface area contributed by atoms with Gasteiger partial charge in [-0.15, -0.1) is 0 Å². The van der Waals surface area contributed by atoms with Crippen molar-refractivity contribution in [2.45, 2.75) is 40.2 Å². The summed E-state index contributed by atoms with van der Waals surface area (Å²) in [6, 6.07) is 3.45. The topological polar surface area (TPSA) is 89.0 Å². The van der Waals surface area contributed by atoms with Crippen molar-refractivity contribution in [2.75, 3.05) is 13.2 Å². The van der Waals surface area contributed by atoms with Crippen molar-refractivity contribution in [2.24, 2.45) is 5.10 Å². The number of nitrogens with one attached hydrogen (secondary N) is 2. The molecule has 138 valence electrons. The van der Waals surface area contributed by atoms with Gasteiger partial charge in [0.25, 0.3) is 0 Å². The van der Waals surface area contributed by atoms with Gasteiger partial charge >= 0.3 is 11.8 Å². The van der Waals surface area contributed by atoms with Crippen molar-refractivity contribution < 1.29 is 19.1 Å². The highest BCUT2D eigenvalue weighted by atomic mass is 79.9. The Morgan fingerprint density at radius 3 is 2.48 bits per heavy atom. The van der Waals surface area contributed by atoms with E-state index in [0.29, 0.717) is 34.7 Å². The van der Waals surface area contributed by atoms with E-state index >= 15 is 0 Å². The number of carbonyl (C=O) groups excluding carboxylic acids is 2. The van der Waals surface area contributed by atoms with Gasteiger partial charge < -0.3 is 14.8 Å². The third kappa shape index (κ3) is 6.74. The minimum Gasteiger partial charge on any atom is -0.490 e. The van der Waals surface area contributed by atoms with E-state index in [1.165, 1.54) is 6.21 Å². The normalized spacial score (nSPS) is 11.9. The predicted molar refractivity (Wildman–Crippen MR) is 100 cm³/mol. The number of nitrogens with zero attached hydrogens (tertiary/aromatic N) is 1. The smallest absolute Gasteiger partial charge is 0.329 e. The highest BCUT2D eigenvalue weighted by Crippen LogP contribution is 2.36. The summed E-state index contributed by atoms with van der Waals surface area (Å²) in [6.45, 7) is 8.49. The molecule has 1 aromatic carbocycles. The number of hydrogen-bond donors (Lipinski definition) is 2. The molecule has 25 heavy (non-hydrogen) atoms. The molecule has 2 amide bonds. The SMILES string of the molecule is CCOc1cc(/C=N\NC(=O)C(=O)N[C@@H](C)CC)cc(Br)c1OCC. The van der Waals surface area contributed by atoms with Crippen molar-refractivity contribution in [1.29, 1.82) is 0 Å². The molecule has 0 aliphatic heterocycles. The first-order valence-corrected chi connectivity index (χ1v) is 8.95. The summed E-state index contributed by atoms with van der Waals surface area (Å²) in [6.07, 6.45) is 2.17. The van der Waals surface area contributed by atoms with Crippen molar-refractivity contribution >= 4 is 34.0 Å². The molecule has 0 heterocycles. The summed E-state index contributed by atoms with van der Waals surface area (Å²) >= 11 is 3.43. The molecule has 2 N–H and O–H groups in total. The number of hydrazone groups is 1. The van der Waals surface area contributed by atoms with Gasteiger partial charge in [0, 0.05) is 6.04 Å². The monoisotopic (exact) mass is 413 g/mol. The number of hydrogen-bond acceptors (Lipinski definition) is 5. The van der Waals surface area contributed by atoms with Crippen LogP contribution in [-0.2, 0) is 9.59 Å². The van der Waals surface area contributed by atoms with Crippen molar-refractivity contribution in [3.8, 4) is 11.5 Å². The Morgan fingerprint density at radius 2 is 1.88 bits per heavy atom. The van der Waals surface area contributed by atoms with Crippen LogP contribution in [0.25, 0.3) is 0 Å². The van der Waals surface area contributed by atoms with Crippen LogP contribution in [0.5, 0.6) is 11.5 Å². The molecule has 0 fully saturated rings. The number of amides is 2. The van der Waals surface area contributed by atoms with Crippen LogP contribution >= 0.6 is 15.9 Å². The Hall–Kier alpha value is -2.09. The number of rotatable bonds is 8. The molecule has 0 saturated carbocycles. The first-order valence-electron chi connectivity index (χ1n) is 8.15. The highest BCUT2D eigenvalue weighted by Gasteiger charge is 2.14. The maximum Gasteiger partial charge on any atom is 0.329 e. The van der Waals surface area contributed by atoms with Crippen molar-refractivity contribution in [3.63, 3.8) is 0 Å². The molecule has 8 heteroatoms. The summed E-state index contributed by atoms with van der Waals surface area (Å²) < 4.78 is 11.8. The number of halogens is 1. The lowest BCUT2D eigenvalue weighted by Gasteiger charge is -2.13. The fourth-order valence-corrected chi connectivity index (χ4v) is 2.39. The number of benzene rings is 1. The maximum absolute atomic E-state index is 11.7. The molecule has 7 nitrogen and oxygen atoms in total. The van der Waals surface area contributed by atoms with E-state index in [-0.39, 0.29) is 6.04 Å². The van der Waals surface area contributed by atoms with Gasteiger partial charge in [-0.05, 0) is 60.8 Å². The lowest BCUT2D eigenvalue weighted by Crippen LogP contribution is -2.41. The molecular formula is C17H24BrN3O4. The van der Waals surface area contributed by atoms with E-state index in [1.807, 2.05) is 27.7 Å². The Bertz CT molecular complexity index is 635. The second-order valence-corrected chi connectivity index (χ2v) is 6.03. The number of carbonyl (C=O) groups is 2. The molecule has 1 aromatic rings. The van der Waals surface area contributed by atoms with Crippen LogP contribution in [0, 0.1) is 0 Å². The Labute approximate surface area is 156 Å². The molecule has 0 radical (unpaired) electrons. The largest absolute Gasteiger partial charge is 0.490 e. The van der Waals surface area contributed by atoms with E-state index in [4.69, 9.17) is 9.47 Å². The minimum absolute atomic E-state index is 0.0713. The average molecular weight is 414 g/mol. The van der Waals surface area contributed by atoms with Gasteiger partial charge in [0.2, 0.25) is 0 Å². The van der Waals surface area contributed by atoms with Crippen LogP contribution in [0.3, 0.4) is 0 Å². The summed E-state index contributed by atoms with van der Waals surface area (Å²) in [4.78, 5) is 23.3. The lowest BCUT2D eigenvalue weighted by molar-refractivity contribution is -0.139. The van der Waals surface area contributed by atoms with Crippen molar-refractivity contribution in [3.05, 3.63) is 22.2 Å². The second-order valence-electron chi connectivity index (χ2n) is 5.18. The molecule has 0 bridgehead atoms. The van der Waals surface area contributed by atoms with E-state index in [9.17, 15) is 9.59 Å². The molecule has 0 aliphatic rings. The Kier molecular flexibility index (Phi) is 8.98. The van der Waals surface area contributed by atoms with E-state index < -0.39 is 11.8 Å². The molecule has 1 rings (SSSR count). The standard InChI is InChI=1S/C17H24BrN3O4/c1-5-11(4)20-16(22)17(23)21-19-10-12-8-13(18)15(25-7-3)14(9-12)24-6-2/h8-11H,5-7H2,1-4H3,(H,20,22)(H,21,23)/b19-10-/t11-/m0/s1. The zero-order valence-electron chi connectivity index (χ0n) is 14.9. The maximum atomic E-state index is 11.7. The highest BCUT2D eigenvalue weighted by molar-refractivity contribution is 9.10. The van der Waals surface area contributed by atoms with Gasteiger partial charge in [-0.3, -0.25) is 9.59 Å². The predicted octanol–water partition coefficient (Wildman–Crippen LogP) is 2.61. The molecule has 0 unspecified atom stereocenters. The van der Waals surface area contributed by atoms with E-state index in [1.54, 1.807) is 12.1 Å². The summed E-state index contributed by atoms with van der Waals surface area (Å²) in [7, 11) is 0. The summed E-state index contributed by atoms with van der Waals surface area (Å²) in [5.41, 5.74) is 2.88. The van der Waals surface area contributed by atoms with Crippen LogP contribution in [-0.4, -0.2) is 37.3 Å². The Morgan fingerprint density at radius 1 is 1.20 bits per heavy atom. The fourth-order valence-electron chi connectivity index (χ4n) is 1.82. The van der Waals surface area contributed by atoms with Gasteiger partial charge in [-0.25, -0.2) is 5.43 Å². The van der Waals surface area contributed by atoms with E-state index in [0.717, 1.165) is 6.42 Å². The summed E-state index contributed by atoms with van der Waals surface area (Å²) in [5.74, 6) is -0.347. The second kappa shape index (κ2) is 10.7. The van der Waals surface area contributed by atoms with Gasteiger partial charge in [-0.2, -0.15) is 5.10 Å².